The van der Waals surface area contributed by atoms with Gasteiger partial charge in [0.1, 0.15) is 0 Å². The summed E-state index contributed by atoms with van der Waals surface area (Å²) in [6, 6.07) is 29.1. The van der Waals surface area contributed by atoms with Gasteiger partial charge in [0.2, 0.25) is 0 Å². The Hall–Kier alpha value is -5.41. The van der Waals surface area contributed by atoms with E-state index in [2.05, 4.69) is 134 Å². The van der Waals surface area contributed by atoms with Crippen LogP contribution >= 0.6 is 0 Å². The Kier molecular flexibility index (Phi) is 10.2. The second-order valence-electron chi connectivity index (χ2n) is 13.8. The first kappa shape index (κ1) is 33.1. The molecule has 0 amide bonds. The number of benzene rings is 2. The minimum absolute atomic E-state index is 0.270. The summed E-state index contributed by atoms with van der Waals surface area (Å²) >= 11 is 0. The molecule has 0 fully saturated rings. The lowest BCUT2D eigenvalue weighted by molar-refractivity contribution is 0.611. The van der Waals surface area contributed by atoms with Gasteiger partial charge in [-0.3, -0.25) is 15.0 Å². The van der Waals surface area contributed by atoms with Crippen molar-refractivity contribution in [2.24, 2.45) is 22.7 Å². The van der Waals surface area contributed by atoms with Crippen LogP contribution in [0.15, 0.2) is 180 Å². The summed E-state index contributed by atoms with van der Waals surface area (Å²) in [5.74, 6) is 1.23. The predicted octanol–water partition coefficient (Wildman–Crippen LogP) is 12.0. The number of hydrogen-bond donors (Lipinski definition) is 0. The lowest BCUT2D eigenvalue weighted by Crippen LogP contribution is -2.16. The van der Waals surface area contributed by atoms with Crippen LogP contribution in [0.2, 0.25) is 0 Å². The van der Waals surface area contributed by atoms with Crippen LogP contribution in [0.3, 0.4) is 0 Å². The van der Waals surface area contributed by atoms with Gasteiger partial charge in [-0.05, 0) is 103 Å². The van der Waals surface area contributed by atoms with E-state index >= 15 is 0 Å². The molecule has 50 heavy (non-hydrogen) atoms. The van der Waals surface area contributed by atoms with Crippen LogP contribution in [-0.4, -0.2) is 15.7 Å². The second kappa shape index (κ2) is 15.4. The highest BCUT2D eigenvalue weighted by molar-refractivity contribution is 6.04. The zero-order valence-corrected chi connectivity index (χ0v) is 29.2. The van der Waals surface area contributed by atoms with E-state index in [0.717, 1.165) is 77.2 Å². The molecule has 3 aliphatic rings. The summed E-state index contributed by atoms with van der Waals surface area (Å²) in [6.07, 6.45) is 28.0. The van der Waals surface area contributed by atoms with E-state index in [1.54, 1.807) is 0 Å². The van der Waals surface area contributed by atoms with Crippen molar-refractivity contribution < 1.29 is 0 Å². The van der Waals surface area contributed by atoms with Crippen molar-refractivity contribution in [1.29, 1.82) is 0 Å². The average molecular weight is 652 g/mol. The monoisotopic (exact) mass is 651 g/mol. The molecule has 3 heteroatoms. The van der Waals surface area contributed by atoms with Gasteiger partial charge in [-0.15, -0.1) is 0 Å². The largest absolute Gasteiger partial charge is 0.256 e. The highest BCUT2D eigenvalue weighted by Gasteiger charge is 2.25. The lowest BCUT2D eigenvalue weighted by Gasteiger charge is -2.29. The van der Waals surface area contributed by atoms with E-state index in [0.29, 0.717) is 11.8 Å². The molecule has 0 N–H and O–H groups in total. The molecule has 3 atom stereocenters. The number of aliphatic imine (C=N–C) groups is 1. The third-order valence-electron chi connectivity index (χ3n) is 9.99. The second-order valence-corrected chi connectivity index (χ2v) is 13.8. The number of allylic oxidation sites excluding steroid dienone is 12. The lowest BCUT2D eigenvalue weighted by atomic mass is 9.76. The standard InChI is InChI=1S/C47H45N3/c1-33-21-23-37(24-22-33)44-31-42(30-43(32-44)36-13-5-4-6-14-36)34(2)27-47(41-18-12-17-40(29-41)46-20-8-10-26-49-46)50-35(3)38-15-11-16-39(28-38)45-19-7-9-25-48-45/h5,7-21,23-26,28-30,32-34,44H,3-4,6,22,27,31H2,1-2H3. The van der Waals surface area contributed by atoms with Crippen LogP contribution in [-0.2, 0) is 0 Å². The number of aromatic nitrogens is 2. The smallest absolute Gasteiger partial charge is 0.0702 e. The minimum Gasteiger partial charge on any atom is -0.256 e. The van der Waals surface area contributed by atoms with Gasteiger partial charge in [0.25, 0.3) is 0 Å². The van der Waals surface area contributed by atoms with Gasteiger partial charge in [0.15, 0.2) is 0 Å². The van der Waals surface area contributed by atoms with Gasteiger partial charge in [0.05, 0.1) is 17.1 Å². The fraction of sp³-hybridized carbons (Fsp3) is 0.213. The van der Waals surface area contributed by atoms with E-state index in [1.165, 1.54) is 22.3 Å². The number of hydrogen-bond acceptors (Lipinski definition) is 3. The van der Waals surface area contributed by atoms with Gasteiger partial charge in [0, 0.05) is 40.7 Å². The minimum atomic E-state index is 0.270. The number of rotatable bonds is 10. The molecule has 7 rings (SSSR count). The van der Waals surface area contributed by atoms with Crippen LogP contribution < -0.4 is 0 Å². The molecular weight excluding hydrogens is 607 g/mol. The molecule has 248 valence electrons. The van der Waals surface area contributed by atoms with Gasteiger partial charge in [-0.2, -0.15) is 0 Å². The van der Waals surface area contributed by atoms with Crippen molar-refractivity contribution in [3.63, 3.8) is 0 Å². The molecular formula is C47H45N3. The molecule has 3 unspecified atom stereocenters. The number of pyridine rings is 2. The molecule has 2 aromatic heterocycles. The van der Waals surface area contributed by atoms with Gasteiger partial charge >= 0.3 is 0 Å². The predicted molar refractivity (Wildman–Crippen MR) is 210 cm³/mol. The molecule has 3 nitrogen and oxygen atoms in total. The molecule has 3 aliphatic carbocycles. The van der Waals surface area contributed by atoms with E-state index in [1.807, 2.05) is 42.7 Å². The zero-order chi connectivity index (χ0) is 34.3. The summed E-state index contributed by atoms with van der Waals surface area (Å²) in [5, 5.41) is 0. The molecule has 0 bridgehead atoms. The SMILES string of the molecule is C=C(N=C(CC(C)C1=CC(C2=CCCC=C2)=CC(C2=CCC(C)C=C2)C1)c1cccc(-c2ccccn2)c1)c1cccc(-c2ccccn2)c1. The Morgan fingerprint density at radius 1 is 0.820 bits per heavy atom. The maximum absolute atomic E-state index is 5.34. The van der Waals surface area contributed by atoms with Crippen molar-refractivity contribution in [2.75, 3.05) is 0 Å². The molecule has 2 heterocycles. The Balaban J connectivity index is 1.24. The Labute approximate surface area is 297 Å². The molecule has 0 saturated carbocycles. The summed E-state index contributed by atoms with van der Waals surface area (Å²) in [4.78, 5) is 14.6. The van der Waals surface area contributed by atoms with Crippen LogP contribution in [0.1, 0.15) is 57.1 Å². The molecule has 0 aliphatic heterocycles. The van der Waals surface area contributed by atoms with Gasteiger partial charge < -0.3 is 0 Å². The van der Waals surface area contributed by atoms with Crippen molar-refractivity contribution in [1.82, 2.24) is 9.97 Å². The first-order valence-corrected chi connectivity index (χ1v) is 18.0. The molecule has 0 radical (unpaired) electrons. The van der Waals surface area contributed by atoms with E-state index in [4.69, 9.17) is 4.99 Å². The fourth-order valence-corrected chi connectivity index (χ4v) is 7.08. The van der Waals surface area contributed by atoms with E-state index < -0.39 is 0 Å². The maximum Gasteiger partial charge on any atom is 0.0702 e. The van der Waals surface area contributed by atoms with E-state index in [-0.39, 0.29) is 5.92 Å². The normalized spacial score (nSPS) is 19.6. The average Bonchev–Trinajstić information content (AvgIpc) is 3.19. The van der Waals surface area contributed by atoms with Crippen molar-refractivity contribution >= 4 is 11.4 Å². The first-order chi connectivity index (χ1) is 24.5. The molecule has 0 saturated heterocycles. The summed E-state index contributed by atoms with van der Waals surface area (Å²) in [6.45, 7) is 9.17. The summed E-state index contributed by atoms with van der Waals surface area (Å²) < 4.78 is 0. The van der Waals surface area contributed by atoms with Crippen LogP contribution in [0.4, 0.5) is 0 Å². The molecule has 4 aromatic rings. The molecule has 2 aromatic carbocycles. The Morgan fingerprint density at radius 3 is 2.18 bits per heavy atom. The topological polar surface area (TPSA) is 38.1 Å². The highest BCUT2D eigenvalue weighted by atomic mass is 14.8. The third-order valence-corrected chi connectivity index (χ3v) is 9.99. The van der Waals surface area contributed by atoms with Crippen molar-refractivity contribution in [3.05, 3.63) is 186 Å². The Bertz CT molecular complexity index is 2070. The third kappa shape index (κ3) is 7.90. The maximum atomic E-state index is 5.34. The van der Waals surface area contributed by atoms with E-state index in [9.17, 15) is 0 Å². The van der Waals surface area contributed by atoms with Crippen LogP contribution in [0, 0.1) is 17.8 Å². The van der Waals surface area contributed by atoms with Crippen LogP contribution in [0.25, 0.3) is 28.2 Å². The zero-order valence-electron chi connectivity index (χ0n) is 29.2. The number of nitrogens with zero attached hydrogens (tertiary/aromatic N) is 3. The Morgan fingerprint density at radius 2 is 1.54 bits per heavy atom. The van der Waals surface area contributed by atoms with Crippen LogP contribution in [0.5, 0.6) is 0 Å². The highest BCUT2D eigenvalue weighted by Crippen LogP contribution is 2.39. The quantitative estimate of drug-likeness (QED) is 0.160. The van der Waals surface area contributed by atoms with Gasteiger partial charge in [-0.25, -0.2) is 0 Å². The first-order valence-electron chi connectivity index (χ1n) is 18.0. The summed E-state index contributed by atoms with van der Waals surface area (Å²) in [7, 11) is 0. The van der Waals surface area contributed by atoms with Gasteiger partial charge in [-0.1, -0.05) is 123 Å². The fourth-order valence-electron chi connectivity index (χ4n) is 7.08. The van der Waals surface area contributed by atoms with Crippen molar-refractivity contribution in [3.8, 4) is 22.5 Å². The molecule has 0 spiro atoms. The van der Waals surface area contributed by atoms with Crippen molar-refractivity contribution in [2.45, 2.75) is 46.0 Å². The summed E-state index contributed by atoms with van der Waals surface area (Å²) in [5.41, 5.74) is 13.5.